The van der Waals surface area contributed by atoms with Gasteiger partial charge in [-0.2, -0.15) is 0 Å². The van der Waals surface area contributed by atoms with E-state index >= 15 is 0 Å². The Hall–Kier alpha value is -0.860. The maximum atomic E-state index is 11.2. The minimum atomic E-state index is -0.805. The van der Waals surface area contributed by atoms with Crippen LogP contribution in [-0.4, -0.2) is 16.7 Å². The van der Waals surface area contributed by atoms with E-state index in [1.165, 1.54) is 0 Å². The summed E-state index contributed by atoms with van der Waals surface area (Å²) in [5.41, 5.74) is -0.108. The molecule has 0 amide bonds. The van der Waals surface area contributed by atoms with Crippen molar-refractivity contribution in [1.82, 2.24) is 5.32 Å². The molecular formula is C15H23NO. The topological polar surface area (TPSA) is 32.3 Å². The van der Waals surface area contributed by atoms with Crippen molar-refractivity contribution in [3.05, 3.63) is 35.9 Å². The minimum Gasteiger partial charge on any atom is -0.383 e. The molecule has 0 spiro atoms. The molecule has 0 aliphatic carbocycles. The normalized spacial score (nSPS) is 36.8. The Morgan fingerprint density at radius 3 is 2.29 bits per heavy atom. The second kappa shape index (κ2) is 4.11. The first-order chi connectivity index (χ1) is 7.88. The molecular weight excluding hydrogens is 210 g/mol. The Balaban J connectivity index is 2.47. The Labute approximate surface area is 104 Å². The van der Waals surface area contributed by atoms with Crippen molar-refractivity contribution in [1.29, 1.82) is 0 Å². The van der Waals surface area contributed by atoms with Crippen molar-refractivity contribution in [3.8, 4) is 0 Å². The third-order valence-corrected chi connectivity index (χ3v) is 4.19. The van der Waals surface area contributed by atoms with Crippen molar-refractivity contribution in [2.24, 2.45) is 5.92 Å². The molecule has 0 aromatic heterocycles. The first-order valence-electron chi connectivity index (χ1n) is 6.43. The first kappa shape index (κ1) is 12.6. The minimum absolute atomic E-state index is 0.246. The van der Waals surface area contributed by atoms with Gasteiger partial charge in [-0.1, -0.05) is 37.3 Å². The van der Waals surface area contributed by atoms with Crippen LogP contribution >= 0.6 is 0 Å². The Kier molecular flexibility index (Phi) is 3.04. The van der Waals surface area contributed by atoms with Gasteiger partial charge in [0.05, 0.1) is 0 Å². The molecule has 1 fully saturated rings. The standard InChI is InChI=1S/C15H23NO/c1-11-10-12(2)16-14(3,4)15(11,17)13-8-6-5-7-9-13/h5-9,11-12,16-17H,10H2,1-4H3/t11-,12+,15-/m0/s1. The highest BCUT2D eigenvalue weighted by Crippen LogP contribution is 2.44. The molecule has 1 aliphatic heterocycles. The van der Waals surface area contributed by atoms with Gasteiger partial charge < -0.3 is 10.4 Å². The van der Waals surface area contributed by atoms with Gasteiger partial charge in [-0.25, -0.2) is 0 Å². The van der Waals surface area contributed by atoms with Crippen LogP contribution in [0.1, 0.15) is 39.7 Å². The smallest absolute Gasteiger partial charge is 0.110 e. The molecule has 94 valence electrons. The predicted octanol–water partition coefficient (Wildman–Crippen LogP) is 2.67. The van der Waals surface area contributed by atoms with E-state index in [0.29, 0.717) is 6.04 Å². The van der Waals surface area contributed by atoms with Gasteiger partial charge in [0.1, 0.15) is 5.60 Å². The Morgan fingerprint density at radius 1 is 1.18 bits per heavy atom. The van der Waals surface area contributed by atoms with Crippen LogP contribution in [0.3, 0.4) is 0 Å². The van der Waals surface area contributed by atoms with Gasteiger partial charge in [0.2, 0.25) is 0 Å². The van der Waals surface area contributed by atoms with E-state index in [9.17, 15) is 5.11 Å². The fourth-order valence-electron chi connectivity index (χ4n) is 3.44. The zero-order chi connectivity index (χ0) is 12.7. The number of piperidine rings is 1. The average molecular weight is 233 g/mol. The lowest BCUT2D eigenvalue weighted by Crippen LogP contribution is -2.66. The van der Waals surface area contributed by atoms with Gasteiger partial charge in [-0.05, 0) is 38.7 Å². The maximum Gasteiger partial charge on any atom is 0.110 e. The SMILES string of the molecule is C[C@@H]1C[C@H](C)[C@](O)(c2ccccc2)C(C)(C)N1. The summed E-state index contributed by atoms with van der Waals surface area (Å²) in [5, 5.41) is 14.7. The molecule has 0 unspecified atom stereocenters. The molecule has 2 heteroatoms. The highest BCUT2D eigenvalue weighted by atomic mass is 16.3. The number of aliphatic hydroxyl groups is 1. The summed E-state index contributed by atoms with van der Waals surface area (Å²) in [6.07, 6.45) is 0.995. The lowest BCUT2D eigenvalue weighted by atomic mass is 9.65. The number of nitrogens with one attached hydrogen (secondary N) is 1. The summed E-state index contributed by atoms with van der Waals surface area (Å²) in [6, 6.07) is 10.5. The Morgan fingerprint density at radius 2 is 1.76 bits per heavy atom. The van der Waals surface area contributed by atoms with Crippen LogP contribution in [0.5, 0.6) is 0 Å². The number of benzene rings is 1. The molecule has 17 heavy (non-hydrogen) atoms. The molecule has 1 aliphatic rings. The molecule has 1 aromatic rings. The molecule has 2 N–H and O–H groups in total. The first-order valence-corrected chi connectivity index (χ1v) is 6.43. The van der Waals surface area contributed by atoms with E-state index in [1.54, 1.807) is 0 Å². The van der Waals surface area contributed by atoms with Crippen molar-refractivity contribution >= 4 is 0 Å². The summed E-state index contributed by atoms with van der Waals surface area (Å²) in [7, 11) is 0. The van der Waals surface area contributed by atoms with E-state index < -0.39 is 5.60 Å². The summed E-state index contributed by atoms with van der Waals surface area (Å²) in [4.78, 5) is 0. The Bertz CT molecular complexity index is 387. The summed E-state index contributed by atoms with van der Waals surface area (Å²) in [5.74, 6) is 0.246. The number of rotatable bonds is 1. The molecule has 0 radical (unpaired) electrons. The van der Waals surface area contributed by atoms with Crippen molar-refractivity contribution < 1.29 is 5.11 Å². The zero-order valence-electron chi connectivity index (χ0n) is 11.2. The van der Waals surface area contributed by atoms with Crippen LogP contribution < -0.4 is 5.32 Å². The van der Waals surface area contributed by atoms with Crippen molar-refractivity contribution in [2.75, 3.05) is 0 Å². The van der Waals surface area contributed by atoms with Crippen LogP contribution in [0.25, 0.3) is 0 Å². The third kappa shape index (κ3) is 1.90. The van der Waals surface area contributed by atoms with Crippen LogP contribution in [0.2, 0.25) is 0 Å². The fourth-order valence-corrected chi connectivity index (χ4v) is 3.44. The van der Waals surface area contributed by atoms with Gasteiger partial charge in [-0.3, -0.25) is 0 Å². The summed E-state index contributed by atoms with van der Waals surface area (Å²) < 4.78 is 0. The molecule has 0 bridgehead atoms. The second-order valence-corrected chi connectivity index (χ2v) is 5.94. The van der Waals surface area contributed by atoms with Crippen LogP contribution in [0.15, 0.2) is 30.3 Å². The molecule has 2 rings (SSSR count). The van der Waals surface area contributed by atoms with Crippen LogP contribution in [0, 0.1) is 5.92 Å². The monoisotopic (exact) mass is 233 g/mol. The van der Waals surface area contributed by atoms with Crippen LogP contribution in [0.4, 0.5) is 0 Å². The van der Waals surface area contributed by atoms with Gasteiger partial charge in [-0.15, -0.1) is 0 Å². The second-order valence-electron chi connectivity index (χ2n) is 5.94. The van der Waals surface area contributed by atoms with Gasteiger partial charge in [0.25, 0.3) is 0 Å². The lowest BCUT2D eigenvalue weighted by molar-refractivity contribution is -0.117. The largest absolute Gasteiger partial charge is 0.383 e. The highest BCUT2D eigenvalue weighted by molar-refractivity contribution is 5.29. The summed E-state index contributed by atoms with van der Waals surface area (Å²) in [6.45, 7) is 8.51. The number of hydrogen-bond acceptors (Lipinski definition) is 2. The van der Waals surface area contributed by atoms with Gasteiger partial charge in [0.15, 0.2) is 0 Å². The fraction of sp³-hybridized carbons (Fsp3) is 0.600. The van der Waals surface area contributed by atoms with Crippen LogP contribution in [-0.2, 0) is 5.60 Å². The molecule has 3 atom stereocenters. The van der Waals surface area contributed by atoms with E-state index in [0.717, 1.165) is 12.0 Å². The predicted molar refractivity (Wildman–Crippen MR) is 70.8 cm³/mol. The molecule has 1 aromatic carbocycles. The van der Waals surface area contributed by atoms with Gasteiger partial charge >= 0.3 is 0 Å². The average Bonchev–Trinajstić information content (AvgIpc) is 2.26. The molecule has 1 heterocycles. The van der Waals surface area contributed by atoms with Crippen molar-refractivity contribution in [2.45, 2.75) is 51.3 Å². The zero-order valence-corrected chi connectivity index (χ0v) is 11.2. The van der Waals surface area contributed by atoms with Crippen molar-refractivity contribution in [3.63, 3.8) is 0 Å². The number of hydrogen-bond donors (Lipinski definition) is 2. The van der Waals surface area contributed by atoms with E-state index in [4.69, 9.17) is 0 Å². The maximum absolute atomic E-state index is 11.2. The quantitative estimate of drug-likeness (QED) is 0.781. The molecule has 2 nitrogen and oxygen atoms in total. The molecule has 0 saturated carbocycles. The van der Waals surface area contributed by atoms with Gasteiger partial charge in [0, 0.05) is 11.6 Å². The molecule has 1 saturated heterocycles. The summed E-state index contributed by atoms with van der Waals surface area (Å²) >= 11 is 0. The third-order valence-electron chi connectivity index (χ3n) is 4.19. The van der Waals surface area contributed by atoms with E-state index in [-0.39, 0.29) is 11.5 Å². The lowest BCUT2D eigenvalue weighted by Gasteiger charge is -2.53. The highest BCUT2D eigenvalue weighted by Gasteiger charge is 2.52. The van der Waals surface area contributed by atoms with E-state index in [1.807, 2.05) is 30.3 Å². The van der Waals surface area contributed by atoms with E-state index in [2.05, 4.69) is 33.0 Å².